The van der Waals surface area contributed by atoms with Crippen LogP contribution in [0.2, 0.25) is 5.02 Å². The molecular formula is C21H26ClN3O4S. The molecule has 0 spiro atoms. The van der Waals surface area contributed by atoms with E-state index in [2.05, 4.69) is 9.62 Å². The van der Waals surface area contributed by atoms with Gasteiger partial charge in [0.05, 0.1) is 18.0 Å². The van der Waals surface area contributed by atoms with Gasteiger partial charge in [0, 0.05) is 36.9 Å². The van der Waals surface area contributed by atoms with Crippen molar-refractivity contribution in [3.8, 4) is 5.75 Å². The number of aryl methyl sites for hydroxylation is 1. The summed E-state index contributed by atoms with van der Waals surface area (Å²) in [6.45, 7) is 5.94. The highest BCUT2D eigenvalue weighted by atomic mass is 35.5. The number of rotatable bonds is 6. The van der Waals surface area contributed by atoms with Crippen LogP contribution in [-0.2, 0) is 14.8 Å². The van der Waals surface area contributed by atoms with Gasteiger partial charge in [-0.05, 0) is 55.8 Å². The summed E-state index contributed by atoms with van der Waals surface area (Å²) in [5, 5.41) is 0.677. The number of piperazine rings is 1. The van der Waals surface area contributed by atoms with Crippen molar-refractivity contribution in [2.45, 2.75) is 24.8 Å². The maximum absolute atomic E-state index is 12.8. The van der Waals surface area contributed by atoms with E-state index in [4.69, 9.17) is 16.3 Å². The molecule has 7 nitrogen and oxygen atoms in total. The lowest BCUT2D eigenvalue weighted by molar-refractivity contribution is -0.132. The predicted molar refractivity (Wildman–Crippen MR) is 118 cm³/mol. The van der Waals surface area contributed by atoms with E-state index in [0.29, 0.717) is 37.0 Å². The number of ether oxygens (including phenoxy) is 1. The van der Waals surface area contributed by atoms with Crippen LogP contribution >= 0.6 is 11.6 Å². The monoisotopic (exact) mass is 451 g/mol. The topological polar surface area (TPSA) is 78.9 Å². The second kappa shape index (κ2) is 9.24. The quantitative estimate of drug-likeness (QED) is 0.730. The van der Waals surface area contributed by atoms with E-state index in [1.165, 1.54) is 19.2 Å². The Morgan fingerprint density at radius 3 is 2.33 bits per heavy atom. The Hall–Kier alpha value is -2.29. The number of carbonyl (C=O) groups excluding carboxylic acids is 1. The predicted octanol–water partition coefficient (Wildman–Crippen LogP) is 2.67. The summed E-state index contributed by atoms with van der Waals surface area (Å²) >= 11 is 6.12. The highest BCUT2D eigenvalue weighted by molar-refractivity contribution is 7.89. The number of halogens is 1. The summed E-state index contributed by atoms with van der Waals surface area (Å²) in [7, 11) is -2.30. The Labute approximate surface area is 182 Å². The number of hydrogen-bond donors (Lipinski definition) is 1. The Morgan fingerprint density at radius 2 is 1.73 bits per heavy atom. The van der Waals surface area contributed by atoms with E-state index in [1.807, 2.05) is 25.1 Å². The van der Waals surface area contributed by atoms with Gasteiger partial charge >= 0.3 is 0 Å². The molecular weight excluding hydrogens is 426 g/mol. The third-order valence-corrected chi connectivity index (χ3v) is 6.97. The first-order valence-electron chi connectivity index (χ1n) is 9.67. The van der Waals surface area contributed by atoms with E-state index in [0.717, 1.165) is 11.3 Å². The van der Waals surface area contributed by atoms with Crippen LogP contribution in [0.1, 0.15) is 12.5 Å². The maximum Gasteiger partial charge on any atom is 0.241 e. The van der Waals surface area contributed by atoms with E-state index in [-0.39, 0.29) is 10.8 Å². The SMILES string of the molecule is COc1ccc(S(=O)(=O)N[C@H](C)C(=O)N2CCN(c3cc(Cl)ccc3C)CC2)cc1. The second-order valence-corrected chi connectivity index (χ2v) is 9.41. The molecule has 1 aliphatic rings. The van der Waals surface area contributed by atoms with Gasteiger partial charge in [-0.25, -0.2) is 8.42 Å². The molecule has 2 aromatic carbocycles. The van der Waals surface area contributed by atoms with Crippen LogP contribution < -0.4 is 14.4 Å². The lowest BCUT2D eigenvalue weighted by atomic mass is 10.1. The molecule has 0 bridgehead atoms. The van der Waals surface area contributed by atoms with Gasteiger partial charge in [-0.3, -0.25) is 4.79 Å². The Balaban J connectivity index is 1.60. The summed E-state index contributed by atoms with van der Waals surface area (Å²) in [6.07, 6.45) is 0. The molecule has 1 fully saturated rings. The van der Waals surface area contributed by atoms with E-state index >= 15 is 0 Å². The molecule has 162 valence electrons. The Morgan fingerprint density at radius 1 is 1.10 bits per heavy atom. The molecule has 0 unspecified atom stereocenters. The fourth-order valence-electron chi connectivity index (χ4n) is 3.47. The highest BCUT2D eigenvalue weighted by Crippen LogP contribution is 2.25. The minimum Gasteiger partial charge on any atom is -0.497 e. The highest BCUT2D eigenvalue weighted by Gasteiger charge is 2.28. The van der Waals surface area contributed by atoms with E-state index in [9.17, 15) is 13.2 Å². The number of amides is 1. The zero-order chi connectivity index (χ0) is 21.9. The minimum atomic E-state index is -3.81. The molecule has 0 aliphatic carbocycles. The molecule has 30 heavy (non-hydrogen) atoms. The summed E-state index contributed by atoms with van der Waals surface area (Å²) in [5.74, 6) is 0.320. The number of nitrogens with one attached hydrogen (secondary N) is 1. The largest absolute Gasteiger partial charge is 0.497 e. The smallest absolute Gasteiger partial charge is 0.241 e. The van der Waals surface area contributed by atoms with Crippen LogP contribution in [0, 0.1) is 6.92 Å². The number of sulfonamides is 1. The van der Waals surface area contributed by atoms with Gasteiger partial charge in [-0.1, -0.05) is 17.7 Å². The molecule has 1 heterocycles. The molecule has 1 amide bonds. The molecule has 0 saturated carbocycles. The summed E-state index contributed by atoms with van der Waals surface area (Å²) < 4.78 is 32.7. The van der Waals surface area contributed by atoms with Crippen LogP contribution in [0.4, 0.5) is 5.69 Å². The van der Waals surface area contributed by atoms with Gasteiger partial charge in [0.15, 0.2) is 0 Å². The average Bonchev–Trinajstić information content (AvgIpc) is 2.74. The summed E-state index contributed by atoms with van der Waals surface area (Å²) in [6, 6.07) is 10.9. The number of carbonyl (C=O) groups is 1. The third kappa shape index (κ3) is 5.06. The van der Waals surface area contributed by atoms with E-state index in [1.54, 1.807) is 24.0 Å². The van der Waals surface area contributed by atoms with Crippen molar-refractivity contribution >= 4 is 33.2 Å². The van der Waals surface area contributed by atoms with Crippen molar-refractivity contribution < 1.29 is 17.9 Å². The van der Waals surface area contributed by atoms with Crippen LogP contribution in [0.3, 0.4) is 0 Å². The van der Waals surface area contributed by atoms with Gasteiger partial charge in [-0.15, -0.1) is 0 Å². The summed E-state index contributed by atoms with van der Waals surface area (Å²) in [5.41, 5.74) is 2.18. The maximum atomic E-state index is 12.8. The van der Waals surface area contributed by atoms with E-state index < -0.39 is 16.1 Å². The number of benzene rings is 2. The zero-order valence-electron chi connectivity index (χ0n) is 17.3. The first-order chi connectivity index (χ1) is 14.2. The number of hydrogen-bond acceptors (Lipinski definition) is 5. The molecule has 1 saturated heterocycles. The van der Waals surface area contributed by atoms with Crippen molar-refractivity contribution in [2.75, 3.05) is 38.2 Å². The van der Waals surface area contributed by atoms with Crippen LogP contribution in [0.5, 0.6) is 5.75 Å². The van der Waals surface area contributed by atoms with Crippen molar-refractivity contribution in [1.82, 2.24) is 9.62 Å². The standard InChI is InChI=1S/C21H26ClN3O4S/c1-15-4-5-17(22)14-20(15)24-10-12-25(13-11-24)21(26)16(2)23-30(27,28)19-8-6-18(29-3)7-9-19/h4-9,14,16,23H,10-13H2,1-3H3/t16-/m1/s1. The molecule has 0 radical (unpaired) electrons. The van der Waals surface area contributed by atoms with Crippen LogP contribution in [-0.4, -0.2) is 58.6 Å². The van der Waals surface area contributed by atoms with Gasteiger partial charge in [-0.2, -0.15) is 4.72 Å². The summed E-state index contributed by atoms with van der Waals surface area (Å²) in [4.78, 5) is 16.8. The van der Waals surface area contributed by atoms with Gasteiger partial charge in [0.25, 0.3) is 0 Å². The zero-order valence-corrected chi connectivity index (χ0v) is 18.8. The van der Waals surface area contributed by atoms with Gasteiger partial charge < -0.3 is 14.5 Å². The normalized spacial score (nSPS) is 15.7. The van der Waals surface area contributed by atoms with Crippen molar-refractivity contribution in [3.05, 3.63) is 53.1 Å². The van der Waals surface area contributed by atoms with Crippen molar-refractivity contribution in [3.63, 3.8) is 0 Å². The van der Waals surface area contributed by atoms with Crippen LogP contribution in [0.15, 0.2) is 47.4 Å². The number of methoxy groups -OCH3 is 1. The Kier molecular flexibility index (Phi) is 6.90. The molecule has 3 rings (SSSR count). The number of anilines is 1. The molecule has 1 atom stereocenters. The first kappa shape index (κ1) is 22.4. The first-order valence-corrected chi connectivity index (χ1v) is 11.5. The third-order valence-electron chi connectivity index (χ3n) is 5.18. The van der Waals surface area contributed by atoms with Crippen LogP contribution in [0.25, 0.3) is 0 Å². The Bertz CT molecular complexity index is 1000. The minimum absolute atomic E-state index is 0.0872. The second-order valence-electron chi connectivity index (χ2n) is 7.26. The van der Waals surface area contributed by atoms with Crippen molar-refractivity contribution in [1.29, 1.82) is 0 Å². The number of nitrogens with zero attached hydrogens (tertiary/aromatic N) is 2. The van der Waals surface area contributed by atoms with Gasteiger partial charge in [0.1, 0.15) is 5.75 Å². The van der Waals surface area contributed by atoms with Crippen molar-refractivity contribution in [2.24, 2.45) is 0 Å². The lowest BCUT2D eigenvalue weighted by Gasteiger charge is -2.37. The average molecular weight is 452 g/mol. The molecule has 0 aromatic heterocycles. The molecule has 2 aromatic rings. The molecule has 1 N–H and O–H groups in total. The molecule has 9 heteroatoms. The fraction of sp³-hybridized carbons (Fsp3) is 0.381. The lowest BCUT2D eigenvalue weighted by Crippen LogP contribution is -2.54. The fourth-order valence-corrected chi connectivity index (χ4v) is 4.83. The van der Waals surface area contributed by atoms with Gasteiger partial charge in [0.2, 0.25) is 15.9 Å². The molecule has 1 aliphatic heterocycles.